The van der Waals surface area contributed by atoms with E-state index in [-0.39, 0.29) is 18.3 Å². The Labute approximate surface area is 151 Å². The number of carbonyl (C=O) groups is 2. The first-order valence-corrected chi connectivity index (χ1v) is 8.56. The van der Waals surface area contributed by atoms with Crippen molar-refractivity contribution in [1.29, 1.82) is 0 Å². The number of hydrogen-bond donors (Lipinski definition) is 2. The number of carboxylic acid groups (broad SMARTS) is 1. The summed E-state index contributed by atoms with van der Waals surface area (Å²) in [5.74, 6) is -1.37. The molecule has 1 fully saturated rings. The van der Waals surface area contributed by atoms with Gasteiger partial charge in [-0.15, -0.1) is 0 Å². The Hall–Kier alpha value is -2.73. The molecule has 136 valence electrons. The first kappa shape index (κ1) is 18.1. The largest absolute Gasteiger partial charge is 0.481 e. The summed E-state index contributed by atoms with van der Waals surface area (Å²) >= 11 is 0. The number of hydrogen-bond acceptors (Lipinski definition) is 3. The topological polar surface area (TPSA) is 69.6 Å². The minimum Gasteiger partial charge on any atom is -0.481 e. The van der Waals surface area contributed by atoms with E-state index in [1.54, 1.807) is 0 Å². The molecule has 1 amide bonds. The lowest BCUT2D eigenvalue weighted by Gasteiger charge is -2.39. The van der Waals surface area contributed by atoms with Crippen LogP contribution in [0, 0.1) is 5.82 Å². The minimum atomic E-state index is -0.898. The molecule has 1 saturated heterocycles. The Balaban J connectivity index is 1.59. The molecule has 0 aliphatic carbocycles. The second-order valence-corrected chi connectivity index (χ2v) is 6.58. The van der Waals surface area contributed by atoms with Gasteiger partial charge in [-0.05, 0) is 42.7 Å². The average molecular weight is 356 g/mol. The zero-order valence-electron chi connectivity index (χ0n) is 14.3. The molecule has 2 N–H and O–H groups in total. The van der Waals surface area contributed by atoms with E-state index < -0.39 is 11.4 Å². The normalized spacial score (nSPS) is 16.8. The van der Waals surface area contributed by atoms with Gasteiger partial charge in [0.2, 0.25) is 5.91 Å². The molecular formula is C20H21FN2O3. The maximum Gasteiger partial charge on any atom is 0.314 e. The summed E-state index contributed by atoms with van der Waals surface area (Å²) < 4.78 is 12.9. The highest BCUT2D eigenvalue weighted by Crippen LogP contribution is 2.35. The quantitative estimate of drug-likeness (QED) is 0.864. The molecule has 0 saturated carbocycles. The Morgan fingerprint density at radius 1 is 1.04 bits per heavy atom. The lowest BCUT2D eigenvalue weighted by Crippen LogP contribution is -2.49. The van der Waals surface area contributed by atoms with Crippen LogP contribution in [0.2, 0.25) is 0 Å². The number of carboxylic acids is 1. The monoisotopic (exact) mass is 356 g/mol. The molecule has 3 rings (SSSR count). The number of piperidine rings is 1. The van der Waals surface area contributed by atoms with Gasteiger partial charge in [0, 0.05) is 18.8 Å². The lowest BCUT2D eigenvalue weighted by molar-refractivity contribution is -0.146. The first-order chi connectivity index (χ1) is 12.5. The molecule has 0 spiro atoms. The van der Waals surface area contributed by atoms with Crippen molar-refractivity contribution in [2.75, 3.05) is 25.0 Å². The van der Waals surface area contributed by atoms with Crippen LogP contribution in [0.4, 0.5) is 10.1 Å². The molecule has 0 radical (unpaired) electrons. The van der Waals surface area contributed by atoms with Gasteiger partial charge in [-0.1, -0.05) is 30.3 Å². The van der Waals surface area contributed by atoms with Gasteiger partial charge in [-0.2, -0.15) is 0 Å². The number of nitrogens with zero attached hydrogens (tertiary/aromatic N) is 1. The number of likely N-dealkylation sites (tertiary alicyclic amines) is 1. The summed E-state index contributed by atoms with van der Waals surface area (Å²) in [6.45, 7) is 1.23. The Morgan fingerprint density at radius 2 is 1.65 bits per heavy atom. The van der Waals surface area contributed by atoms with Crippen molar-refractivity contribution in [2.24, 2.45) is 0 Å². The van der Waals surface area contributed by atoms with Crippen molar-refractivity contribution in [1.82, 2.24) is 4.90 Å². The van der Waals surface area contributed by atoms with Gasteiger partial charge in [0.15, 0.2) is 0 Å². The molecule has 6 heteroatoms. The highest BCUT2D eigenvalue weighted by molar-refractivity contribution is 5.92. The van der Waals surface area contributed by atoms with E-state index in [0.29, 0.717) is 31.6 Å². The van der Waals surface area contributed by atoms with Crippen molar-refractivity contribution in [2.45, 2.75) is 18.3 Å². The Morgan fingerprint density at radius 3 is 2.23 bits per heavy atom. The van der Waals surface area contributed by atoms with Crippen LogP contribution < -0.4 is 5.32 Å². The third-order valence-electron chi connectivity index (χ3n) is 4.94. The fourth-order valence-corrected chi connectivity index (χ4v) is 3.41. The fraction of sp³-hybridized carbons (Fsp3) is 0.300. The second kappa shape index (κ2) is 7.66. The Bertz CT molecular complexity index is 769. The van der Waals surface area contributed by atoms with Gasteiger partial charge in [-0.3, -0.25) is 14.5 Å². The van der Waals surface area contributed by atoms with Crippen molar-refractivity contribution in [3.63, 3.8) is 0 Å². The van der Waals surface area contributed by atoms with Crippen LogP contribution in [-0.2, 0) is 15.0 Å². The summed E-state index contributed by atoms with van der Waals surface area (Å²) in [6.07, 6.45) is 0.909. The van der Waals surface area contributed by atoms with Crippen LogP contribution in [-0.4, -0.2) is 41.5 Å². The van der Waals surface area contributed by atoms with Crippen LogP contribution in [0.25, 0.3) is 0 Å². The van der Waals surface area contributed by atoms with Crippen LogP contribution >= 0.6 is 0 Å². The zero-order chi connectivity index (χ0) is 18.6. The van der Waals surface area contributed by atoms with E-state index in [0.717, 1.165) is 5.56 Å². The average Bonchev–Trinajstić information content (AvgIpc) is 2.65. The lowest BCUT2D eigenvalue weighted by atomic mass is 9.73. The predicted molar refractivity (Wildman–Crippen MR) is 96.5 cm³/mol. The van der Waals surface area contributed by atoms with E-state index in [9.17, 15) is 19.1 Å². The van der Waals surface area contributed by atoms with Crippen LogP contribution in [0.15, 0.2) is 54.6 Å². The number of benzene rings is 2. The molecule has 2 aromatic carbocycles. The predicted octanol–water partition coefficient (Wildman–Crippen LogP) is 2.88. The van der Waals surface area contributed by atoms with Gasteiger partial charge < -0.3 is 10.4 Å². The number of halogens is 1. The highest BCUT2D eigenvalue weighted by atomic mass is 19.1. The van der Waals surface area contributed by atoms with Gasteiger partial charge >= 0.3 is 5.97 Å². The third kappa shape index (κ3) is 3.91. The molecule has 0 atom stereocenters. The molecule has 26 heavy (non-hydrogen) atoms. The van der Waals surface area contributed by atoms with Gasteiger partial charge in [0.25, 0.3) is 0 Å². The first-order valence-electron chi connectivity index (χ1n) is 8.56. The third-order valence-corrected chi connectivity index (χ3v) is 4.94. The number of nitrogens with one attached hydrogen (secondary N) is 1. The maximum atomic E-state index is 12.9. The van der Waals surface area contributed by atoms with Crippen molar-refractivity contribution >= 4 is 17.6 Å². The number of aliphatic carboxylic acids is 1. The summed E-state index contributed by atoms with van der Waals surface area (Å²) in [6, 6.07) is 14.9. The van der Waals surface area contributed by atoms with E-state index in [1.807, 2.05) is 35.2 Å². The molecule has 1 aliphatic rings. The van der Waals surface area contributed by atoms with E-state index in [1.165, 1.54) is 24.3 Å². The van der Waals surface area contributed by atoms with Crippen molar-refractivity contribution in [3.05, 3.63) is 66.0 Å². The Kier molecular flexibility index (Phi) is 5.32. The summed E-state index contributed by atoms with van der Waals surface area (Å²) in [5, 5.41) is 12.5. The van der Waals surface area contributed by atoms with Gasteiger partial charge in [-0.25, -0.2) is 4.39 Å². The molecule has 0 unspecified atom stereocenters. The highest BCUT2D eigenvalue weighted by Gasteiger charge is 2.43. The van der Waals surface area contributed by atoms with Crippen LogP contribution in [0.5, 0.6) is 0 Å². The fourth-order valence-electron chi connectivity index (χ4n) is 3.41. The molecule has 1 aliphatic heterocycles. The van der Waals surface area contributed by atoms with Crippen molar-refractivity contribution < 1.29 is 19.1 Å². The van der Waals surface area contributed by atoms with E-state index in [4.69, 9.17) is 0 Å². The van der Waals surface area contributed by atoms with Crippen LogP contribution in [0.3, 0.4) is 0 Å². The number of rotatable bonds is 5. The van der Waals surface area contributed by atoms with E-state index in [2.05, 4.69) is 5.32 Å². The molecule has 1 heterocycles. The SMILES string of the molecule is O=C(CN1CCC(C(=O)O)(c2ccccc2)CC1)Nc1ccc(F)cc1. The van der Waals surface area contributed by atoms with Crippen molar-refractivity contribution in [3.8, 4) is 0 Å². The number of amides is 1. The standard InChI is InChI=1S/C20H21FN2O3/c21-16-6-8-17(9-7-16)22-18(24)14-23-12-10-20(11-13-23,19(25)26)15-4-2-1-3-5-15/h1-9H,10-14H2,(H,22,24)(H,25,26). The minimum absolute atomic E-state index is 0.182. The molecule has 5 nitrogen and oxygen atoms in total. The molecule has 0 bridgehead atoms. The van der Waals surface area contributed by atoms with Crippen LogP contribution in [0.1, 0.15) is 18.4 Å². The van der Waals surface area contributed by atoms with E-state index >= 15 is 0 Å². The summed E-state index contributed by atoms with van der Waals surface area (Å²) in [4.78, 5) is 26.1. The van der Waals surface area contributed by atoms with Gasteiger partial charge in [0.1, 0.15) is 5.82 Å². The smallest absolute Gasteiger partial charge is 0.314 e. The molecular weight excluding hydrogens is 335 g/mol. The number of carbonyl (C=O) groups excluding carboxylic acids is 1. The summed E-state index contributed by atoms with van der Waals surface area (Å²) in [7, 11) is 0. The number of anilines is 1. The van der Waals surface area contributed by atoms with Gasteiger partial charge in [0.05, 0.1) is 12.0 Å². The zero-order valence-corrected chi connectivity index (χ0v) is 14.3. The molecule has 2 aromatic rings. The second-order valence-electron chi connectivity index (χ2n) is 6.58. The summed E-state index contributed by atoms with van der Waals surface area (Å²) in [5.41, 5.74) is 0.450. The maximum absolute atomic E-state index is 12.9. The molecule has 0 aromatic heterocycles.